The van der Waals surface area contributed by atoms with E-state index in [2.05, 4.69) is 70.1 Å². The maximum Gasteiger partial charge on any atom is 0.0369 e. The Kier molecular flexibility index (Phi) is 5.86. The lowest BCUT2D eigenvalue weighted by molar-refractivity contribution is 0.368. The van der Waals surface area contributed by atoms with Crippen molar-refractivity contribution in [2.45, 2.75) is 41.0 Å². The summed E-state index contributed by atoms with van der Waals surface area (Å²) >= 11 is 0. The average molecular weight is 262 g/mol. The first-order valence-electron chi connectivity index (χ1n) is 7.28. The van der Waals surface area contributed by atoms with Gasteiger partial charge in [-0.3, -0.25) is 0 Å². The van der Waals surface area contributed by atoms with Crippen LogP contribution in [-0.4, -0.2) is 26.7 Å². The minimum Gasteiger partial charge on any atom is -0.373 e. The second-order valence-electron chi connectivity index (χ2n) is 6.83. The monoisotopic (exact) mass is 262 g/mol. The summed E-state index contributed by atoms with van der Waals surface area (Å²) < 4.78 is 0. The second kappa shape index (κ2) is 6.95. The molecular weight excluding hydrogens is 232 g/mol. The van der Waals surface area contributed by atoms with Gasteiger partial charge >= 0.3 is 0 Å². The van der Waals surface area contributed by atoms with Gasteiger partial charge in [-0.05, 0) is 55.5 Å². The number of rotatable bonds is 6. The van der Waals surface area contributed by atoms with E-state index in [1.807, 2.05) is 0 Å². The molecule has 1 aromatic rings. The highest BCUT2D eigenvalue weighted by atomic mass is 15.1. The lowest BCUT2D eigenvalue weighted by atomic mass is 9.92. The van der Waals surface area contributed by atoms with E-state index in [0.717, 1.165) is 19.6 Å². The summed E-state index contributed by atoms with van der Waals surface area (Å²) in [4.78, 5) is 2.32. The third kappa shape index (κ3) is 6.63. The van der Waals surface area contributed by atoms with E-state index in [4.69, 9.17) is 0 Å². The zero-order chi connectivity index (χ0) is 14.5. The quantitative estimate of drug-likeness (QED) is 0.785. The molecule has 19 heavy (non-hydrogen) atoms. The van der Waals surface area contributed by atoms with Crippen molar-refractivity contribution in [3.63, 3.8) is 0 Å². The van der Waals surface area contributed by atoms with E-state index in [9.17, 15) is 0 Å². The molecule has 0 amide bonds. The number of nitrogens with zero attached hydrogens (tertiary/aromatic N) is 1. The van der Waals surface area contributed by atoms with Crippen LogP contribution in [0.4, 0.5) is 5.69 Å². The van der Waals surface area contributed by atoms with Gasteiger partial charge in [-0.2, -0.15) is 0 Å². The van der Waals surface area contributed by atoms with Crippen LogP contribution in [0.15, 0.2) is 18.2 Å². The largest absolute Gasteiger partial charge is 0.373 e. The molecule has 0 fully saturated rings. The Balaban J connectivity index is 2.33. The zero-order valence-electron chi connectivity index (χ0n) is 13.5. The van der Waals surface area contributed by atoms with E-state index >= 15 is 0 Å². The molecule has 1 rings (SSSR count). The van der Waals surface area contributed by atoms with Crippen LogP contribution in [0.25, 0.3) is 0 Å². The number of hydrogen-bond acceptors (Lipinski definition) is 2. The Morgan fingerprint density at radius 2 is 1.58 bits per heavy atom. The van der Waals surface area contributed by atoms with Crippen LogP contribution in [0.3, 0.4) is 0 Å². The van der Waals surface area contributed by atoms with Gasteiger partial charge in [0.25, 0.3) is 0 Å². The maximum atomic E-state index is 3.53. The van der Waals surface area contributed by atoms with Gasteiger partial charge in [0.1, 0.15) is 0 Å². The summed E-state index contributed by atoms with van der Waals surface area (Å²) in [7, 11) is 2.17. The number of nitrogens with one attached hydrogen (secondary N) is 1. The lowest BCUT2D eigenvalue weighted by Crippen LogP contribution is -2.30. The highest BCUT2D eigenvalue weighted by Crippen LogP contribution is 2.18. The molecule has 0 spiro atoms. The first-order valence-corrected chi connectivity index (χ1v) is 7.28. The van der Waals surface area contributed by atoms with Crippen LogP contribution >= 0.6 is 0 Å². The third-order valence-electron chi connectivity index (χ3n) is 3.32. The van der Waals surface area contributed by atoms with Crippen LogP contribution in [0, 0.1) is 19.3 Å². The van der Waals surface area contributed by atoms with Gasteiger partial charge in [-0.25, -0.2) is 0 Å². The van der Waals surface area contributed by atoms with Crippen molar-refractivity contribution >= 4 is 5.69 Å². The molecule has 0 aliphatic carbocycles. The zero-order valence-corrected chi connectivity index (χ0v) is 13.5. The summed E-state index contributed by atoms with van der Waals surface area (Å²) in [5.41, 5.74) is 4.41. The first-order chi connectivity index (χ1) is 8.78. The van der Waals surface area contributed by atoms with Gasteiger partial charge in [-0.15, -0.1) is 0 Å². The standard InChI is InChI=1S/C17H30N2/c1-14-11-15(2)13-16(12-14)19(6)10-9-18-8-7-17(3,4)5/h11-13,18H,7-10H2,1-6H3. The SMILES string of the molecule is Cc1cc(C)cc(N(C)CCNCCC(C)(C)C)c1. The van der Waals surface area contributed by atoms with Gasteiger partial charge in [0.05, 0.1) is 0 Å². The van der Waals surface area contributed by atoms with Crippen LogP contribution in [0.5, 0.6) is 0 Å². The van der Waals surface area contributed by atoms with Crippen molar-refractivity contribution in [2.75, 3.05) is 31.6 Å². The molecule has 1 aromatic carbocycles. The molecule has 2 nitrogen and oxygen atoms in total. The van der Waals surface area contributed by atoms with E-state index in [1.165, 1.54) is 23.2 Å². The maximum absolute atomic E-state index is 3.53. The molecule has 0 radical (unpaired) electrons. The molecule has 0 aliphatic rings. The number of anilines is 1. The minimum absolute atomic E-state index is 0.423. The molecule has 0 atom stereocenters. The Bertz CT molecular complexity index is 370. The van der Waals surface area contributed by atoms with Gasteiger partial charge in [-0.1, -0.05) is 26.8 Å². The molecule has 0 saturated heterocycles. The molecule has 0 bridgehead atoms. The Morgan fingerprint density at radius 3 is 2.11 bits per heavy atom. The smallest absolute Gasteiger partial charge is 0.0369 e. The highest BCUT2D eigenvalue weighted by Gasteiger charge is 2.08. The normalized spacial score (nSPS) is 11.7. The van der Waals surface area contributed by atoms with Crippen molar-refractivity contribution in [1.82, 2.24) is 5.32 Å². The summed E-state index contributed by atoms with van der Waals surface area (Å²) in [6, 6.07) is 6.73. The summed E-state index contributed by atoms with van der Waals surface area (Å²) in [6.07, 6.45) is 1.22. The predicted octanol–water partition coefficient (Wildman–Crippen LogP) is 3.77. The van der Waals surface area contributed by atoms with Gasteiger partial charge in [0.2, 0.25) is 0 Å². The fraction of sp³-hybridized carbons (Fsp3) is 0.647. The van der Waals surface area contributed by atoms with E-state index in [-0.39, 0.29) is 0 Å². The predicted molar refractivity (Wildman–Crippen MR) is 86.1 cm³/mol. The lowest BCUT2D eigenvalue weighted by Gasteiger charge is -2.22. The molecule has 0 aliphatic heterocycles. The molecule has 0 aromatic heterocycles. The van der Waals surface area contributed by atoms with Gasteiger partial charge in [0, 0.05) is 25.8 Å². The Hall–Kier alpha value is -1.02. The topological polar surface area (TPSA) is 15.3 Å². The van der Waals surface area contributed by atoms with Crippen molar-refractivity contribution in [3.8, 4) is 0 Å². The fourth-order valence-corrected chi connectivity index (χ4v) is 2.14. The molecule has 0 unspecified atom stereocenters. The van der Waals surface area contributed by atoms with Crippen molar-refractivity contribution < 1.29 is 0 Å². The number of benzene rings is 1. The first kappa shape index (κ1) is 16.0. The summed E-state index contributed by atoms with van der Waals surface area (Å²) in [5.74, 6) is 0. The molecule has 1 N–H and O–H groups in total. The van der Waals surface area contributed by atoms with Crippen molar-refractivity contribution in [1.29, 1.82) is 0 Å². The molecule has 0 heterocycles. The van der Waals surface area contributed by atoms with Crippen molar-refractivity contribution in [2.24, 2.45) is 5.41 Å². The summed E-state index contributed by atoms with van der Waals surface area (Å²) in [6.45, 7) is 14.4. The molecule has 2 heteroatoms. The molecule has 0 saturated carbocycles. The van der Waals surface area contributed by atoms with E-state index in [1.54, 1.807) is 0 Å². The molecular formula is C17H30N2. The third-order valence-corrected chi connectivity index (χ3v) is 3.32. The minimum atomic E-state index is 0.423. The van der Waals surface area contributed by atoms with E-state index in [0.29, 0.717) is 5.41 Å². The highest BCUT2D eigenvalue weighted by molar-refractivity contribution is 5.50. The number of likely N-dealkylation sites (N-methyl/N-ethyl adjacent to an activating group) is 1. The Morgan fingerprint density at radius 1 is 1.00 bits per heavy atom. The molecule has 108 valence electrons. The van der Waals surface area contributed by atoms with Crippen LogP contribution in [0.2, 0.25) is 0 Å². The van der Waals surface area contributed by atoms with Gasteiger partial charge in [0.15, 0.2) is 0 Å². The Labute approximate surface area is 119 Å². The summed E-state index contributed by atoms with van der Waals surface area (Å²) in [5, 5.41) is 3.53. The van der Waals surface area contributed by atoms with Crippen LogP contribution < -0.4 is 10.2 Å². The van der Waals surface area contributed by atoms with Crippen LogP contribution in [0.1, 0.15) is 38.3 Å². The fourth-order valence-electron chi connectivity index (χ4n) is 2.14. The number of hydrogen-bond donors (Lipinski definition) is 1. The average Bonchev–Trinajstić information content (AvgIpc) is 2.25. The van der Waals surface area contributed by atoms with Gasteiger partial charge < -0.3 is 10.2 Å². The van der Waals surface area contributed by atoms with Crippen molar-refractivity contribution in [3.05, 3.63) is 29.3 Å². The van der Waals surface area contributed by atoms with E-state index < -0.39 is 0 Å². The van der Waals surface area contributed by atoms with Crippen LogP contribution in [-0.2, 0) is 0 Å². The second-order valence-corrected chi connectivity index (χ2v) is 6.83. The number of aryl methyl sites for hydroxylation is 2.